The van der Waals surface area contributed by atoms with Crippen LogP contribution >= 0.6 is 0 Å². The van der Waals surface area contributed by atoms with Gasteiger partial charge in [0.05, 0.1) is 5.75 Å². The second kappa shape index (κ2) is 7.40. The summed E-state index contributed by atoms with van der Waals surface area (Å²) < 4.78 is 86.2. The summed E-state index contributed by atoms with van der Waals surface area (Å²) in [5, 5.41) is 0. The molecule has 0 aliphatic heterocycles. The quantitative estimate of drug-likeness (QED) is 0.493. The standard InChI is InChI=1S/C9H20F3NO5S2Si/c1-18-21(2,3)8-6-4-5-7-19(14,15)13-20(16,17)9(10,11)12/h13H,4-8H2,1-3H3. The number of nitrogens with one attached hydrogen (secondary N) is 1. The highest BCUT2D eigenvalue weighted by Crippen LogP contribution is 2.22. The molecule has 0 saturated heterocycles. The van der Waals surface area contributed by atoms with Crippen molar-refractivity contribution in [3.05, 3.63) is 0 Å². The van der Waals surface area contributed by atoms with Gasteiger partial charge in [0, 0.05) is 7.11 Å². The Bertz CT molecular complexity index is 530. The summed E-state index contributed by atoms with van der Waals surface area (Å²) in [4.78, 5) is 0. The molecule has 128 valence electrons. The Kier molecular flexibility index (Phi) is 7.33. The van der Waals surface area contributed by atoms with Crippen LogP contribution in [0.3, 0.4) is 0 Å². The van der Waals surface area contributed by atoms with Gasteiger partial charge in [0.2, 0.25) is 10.0 Å². The number of halogens is 3. The Labute approximate surface area is 124 Å². The third-order valence-corrected chi connectivity index (χ3v) is 8.78. The normalized spacial score (nSPS) is 14.4. The van der Waals surface area contributed by atoms with Crippen molar-refractivity contribution < 1.29 is 34.4 Å². The number of rotatable bonds is 9. The van der Waals surface area contributed by atoms with Crippen molar-refractivity contribution in [2.75, 3.05) is 12.9 Å². The SMILES string of the molecule is CO[Si](C)(C)CCCCCS(=O)(=O)NS(=O)(=O)C(F)(F)F. The fraction of sp³-hybridized carbons (Fsp3) is 1.00. The highest BCUT2D eigenvalue weighted by Gasteiger charge is 2.48. The molecule has 0 aliphatic carbocycles. The van der Waals surface area contributed by atoms with Gasteiger partial charge in [-0.05, 0) is 25.6 Å². The number of hydrogen-bond acceptors (Lipinski definition) is 5. The Morgan fingerprint density at radius 2 is 1.57 bits per heavy atom. The van der Waals surface area contributed by atoms with Gasteiger partial charge in [-0.3, -0.25) is 0 Å². The molecule has 0 aromatic heterocycles. The van der Waals surface area contributed by atoms with E-state index in [1.807, 2.05) is 13.1 Å². The van der Waals surface area contributed by atoms with Crippen LogP contribution in [-0.2, 0) is 24.5 Å². The topological polar surface area (TPSA) is 89.5 Å². The molecule has 0 saturated carbocycles. The van der Waals surface area contributed by atoms with Crippen LogP contribution in [0, 0.1) is 0 Å². The summed E-state index contributed by atoms with van der Waals surface area (Å²) in [5.74, 6) is -0.669. The van der Waals surface area contributed by atoms with Gasteiger partial charge >= 0.3 is 15.5 Å². The molecule has 0 radical (unpaired) electrons. The van der Waals surface area contributed by atoms with E-state index in [9.17, 15) is 30.0 Å². The molecule has 12 heteroatoms. The van der Waals surface area contributed by atoms with Gasteiger partial charge in [-0.1, -0.05) is 12.8 Å². The summed E-state index contributed by atoms with van der Waals surface area (Å²) in [6.07, 6.45) is 1.22. The molecule has 0 unspecified atom stereocenters. The average Bonchev–Trinajstić information content (AvgIpc) is 2.25. The maximum absolute atomic E-state index is 12.1. The van der Waals surface area contributed by atoms with Crippen molar-refractivity contribution in [1.29, 1.82) is 0 Å². The van der Waals surface area contributed by atoms with Gasteiger partial charge in [0.15, 0.2) is 8.32 Å². The maximum atomic E-state index is 12.1. The van der Waals surface area contributed by atoms with Gasteiger partial charge in [0.25, 0.3) is 0 Å². The first-order valence-corrected chi connectivity index (χ1v) is 12.4. The van der Waals surface area contributed by atoms with Crippen LogP contribution < -0.4 is 4.13 Å². The minimum atomic E-state index is -5.88. The molecule has 0 rings (SSSR count). The fourth-order valence-electron chi connectivity index (χ4n) is 1.38. The molecule has 0 atom stereocenters. The molecule has 0 aromatic carbocycles. The predicted molar refractivity (Wildman–Crippen MR) is 75.0 cm³/mol. The van der Waals surface area contributed by atoms with Gasteiger partial charge in [-0.15, -0.1) is 4.13 Å². The van der Waals surface area contributed by atoms with Crippen molar-refractivity contribution in [1.82, 2.24) is 4.13 Å². The lowest BCUT2D eigenvalue weighted by atomic mass is 10.3. The van der Waals surface area contributed by atoms with Gasteiger partial charge < -0.3 is 4.43 Å². The second-order valence-corrected chi connectivity index (χ2v) is 13.3. The smallest absolute Gasteiger partial charge is 0.420 e. The summed E-state index contributed by atoms with van der Waals surface area (Å²) >= 11 is 0. The lowest BCUT2D eigenvalue weighted by Crippen LogP contribution is -2.41. The molecule has 1 N–H and O–H groups in total. The lowest BCUT2D eigenvalue weighted by molar-refractivity contribution is -0.0441. The largest absolute Gasteiger partial charge is 0.512 e. The monoisotopic (exact) mass is 371 g/mol. The van der Waals surface area contributed by atoms with E-state index in [0.717, 1.165) is 6.04 Å². The summed E-state index contributed by atoms with van der Waals surface area (Å²) in [5.41, 5.74) is -5.64. The molecule has 0 heterocycles. The fourth-order valence-corrected chi connectivity index (χ4v) is 5.32. The first-order valence-electron chi connectivity index (χ1n) is 6.10. The zero-order valence-electron chi connectivity index (χ0n) is 12.0. The van der Waals surface area contributed by atoms with Crippen LogP contribution in [0.4, 0.5) is 13.2 Å². The molecule has 0 fully saturated rings. The molecule has 6 nitrogen and oxygen atoms in total. The highest BCUT2D eigenvalue weighted by molar-refractivity contribution is 8.05. The third kappa shape index (κ3) is 8.14. The number of unbranched alkanes of at least 4 members (excludes halogenated alkanes) is 2. The van der Waals surface area contributed by atoms with Crippen molar-refractivity contribution in [2.24, 2.45) is 0 Å². The van der Waals surface area contributed by atoms with Gasteiger partial charge in [-0.2, -0.15) is 13.2 Å². The van der Waals surface area contributed by atoms with Crippen molar-refractivity contribution in [3.63, 3.8) is 0 Å². The van der Waals surface area contributed by atoms with Crippen LogP contribution in [0.25, 0.3) is 0 Å². The Morgan fingerprint density at radius 3 is 2.00 bits per heavy atom. The zero-order valence-corrected chi connectivity index (χ0v) is 14.7. The van der Waals surface area contributed by atoms with E-state index in [1.165, 1.54) is 0 Å². The molecular formula is C9H20F3NO5S2Si. The Morgan fingerprint density at radius 1 is 1.05 bits per heavy atom. The van der Waals surface area contributed by atoms with E-state index in [2.05, 4.69) is 0 Å². The lowest BCUT2D eigenvalue weighted by Gasteiger charge is -2.19. The molecule has 0 aliphatic rings. The second-order valence-electron chi connectivity index (χ2n) is 5.13. The van der Waals surface area contributed by atoms with Crippen LogP contribution in [0.2, 0.25) is 19.1 Å². The maximum Gasteiger partial charge on any atom is 0.512 e. The zero-order chi connectivity index (χ0) is 16.9. The van der Waals surface area contributed by atoms with Crippen LogP contribution in [0.5, 0.6) is 0 Å². The van der Waals surface area contributed by atoms with E-state index in [1.54, 1.807) is 7.11 Å². The highest BCUT2D eigenvalue weighted by atomic mass is 32.3. The van der Waals surface area contributed by atoms with E-state index in [-0.39, 0.29) is 6.42 Å². The van der Waals surface area contributed by atoms with E-state index < -0.39 is 39.6 Å². The van der Waals surface area contributed by atoms with Crippen molar-refractivity contribution >= 4 is 28.4 Å². The molecule has 0 bridgehead atoms. The van der Waals surface area contributed by atoms with Gasteiger partial charge in [0.1, 0.15) is 0 Å². The number of alkyl halides is 3. The predicted octanol–water partition coefficient (Wildman–Crippen LogP) is 1.78. The molecule has 0 spiro atoms. The van der Waals surface area contributed by atoms with Crippen molar-refractivity contribution in [3.8, 4) is 0 Å². The summed E-state index contributed by atoms with van der Waals surface area (Å²) in [7, 11) is -10.5. The van der Waals surface area contributed by atoms with Crippen LogP contribution in [-0.4, -0.2) is 43.5 Å². The molecular weight excluding hydrogens is 351 g/mol. The van der Waals surface area contributed by atoms with Gasteiger partial charge in [-0.25, -0.2) is 16.8 Å². The number of hydrogen-bond donors (Lipinski definition) is 1. The molecule has 0 amide bonds. The van der Waals surface area contributed by atoms with E-state index in [4.69, 9.17) is 4.43 Å². The summed E-state index contributed by atoms with van der Waals surface area (Å²) in [6.45, 7) is 3.97. The minimum Gasteiger partial charge on any atom is -0.420 e. The molecule has 21 heavy (non-hydrogen) atoms. The molecule has 0 aromatic rings. The number of sulfonamides is 2. The first kappa shape index (κ1) is 20.8. The Hall–Kier alpha value is -0.173. The minimum absolute atomic E-state index is 0.0803. The first-order chi connectivity index (χ1) is 9.22. The average molecular weight is 371 g/mol. The van der Waals surface area contributed by atoms with E-state index >= 15 is 0 Å². The Balaban J connectivity index is 4.29. The van der Waals surface area contributed by atoms with Crippen LogP contribution in [0.15, 0.2) is 0 Å². The van der Waals surface area contributed by atoms with Crippen molar-refractivity contribution in [2.45, 2.75) is 43.9 Å². The van der Waals surface area contributed by atoms with Crippen LogP contribution in [0.1, 0.15) is 19.3 Å². The van der Waals surface area contributed by atoms with E-state index in [0.29, 0.717) is 17.0 Å². The third-order valence-electron chi connectivity index (χ3n) is 2.79. The summed E-state index contributed by atoms with van der Waals surface area (Å²) in [6, 6.07) is 0.790.